The van der Waals surface area contributed by atoms with E-state index >= 15 is 0 Å². The van der Waals surface area contributed by atoms with Crippen molar-refractivity contribution in [1.82, 2.24) is 4.98 Å². The lowest BCUT2D eigenvalue weighted by atomic mass is 10.2. The molecule has 0 saturated carbocycles. The number of halogens is 1. The van der Waals surface area contributed by atoms with Crippen molar-refractivity contribution in [2.75, 3.05) is 6.26 Å². The second kappa shape index (κ2) is 3.64. The smallest absolute Gasteiger partial charge is 0.175 e. The molecule has 0 saturated heterocycles. The predicted octanol–water partition coefficient (Wildman–Crippen LogP) is 1.53. The van der Waals surface area contributed by atoms with Crippen LogP contribution in [0.5, 0.6) is 0 Å². The van der Waals surface area contributed by atoms with Gasteiger partial charge in [0.2, 0.25) is 0 Å². The van der Waals surface area contributed by atoms with Crippen molar-refractivity contribution in [3.05, 3.63) is 23.5 Å². The Hall–Kier alpha value is -0.610. The number of pyridine rings is 1. The highest BCUT2D eigenvalue weighted by Gasteiger charge is 2.12. The monoisotopic (exact) mass is 219 g/mol. The molecule has 0 radical (unpaired) electrons. The van der Waals surface area contributed by atoms with Crippen LogP contribution >= 0.6 is 11.6 Å². The summed E-state index contributed by atoms with van der Waals surface area (Å²) in [5.41, 5.74) is 1.25. The highest BCUT2D eigenvalue weighted by molar-refractivity contribution is 7.90. The molecule has 72 valence electrons. The lowest BCUT2D eigenvalue weighted by molar-refractivity contribution is 0.601. The van der Waals surface area contributed by atoms with Gasteiger partial charge in [-0.05, 0) is 18.6 Å². The van der Waals surface area contributed by atoms with Crippen molar-refractivity contribution in [2.45, 2.75) is 17.7 Å². The maximum Gasteiger partial charge on any atom is 0.175 e. The van der Waals surface area contributed by atoms with E-state index < -0.39 is 9.84 Å². The summed E-state index contributed by atoms with van der Waals surface area (Å²) in [6.07, 6.45) is 2.63. The largest absolute Gasteiger partial charge is 0.260 e. The van der Waals surface area contributed by atoms with Crippen LogP contribution in [-0.2, 0) is 15.7 Å². The van der Waals surface area contributed by atoms with Gasteiger partial charge in [0.05, 0.1) is 16.5 Å². The number of hydrogen-bond donors (Lipinski definition) is 0. The Morgan fingerprint density at radius 3 is 2.62 bits per heavy atom. The van der Waals surface area contributed by atoms with E-state index in [0.717, 1.165) is 0 Å². The zero-order chi connectivity index (χ0) is 10.1. The first-order chi connectivity index (χ1) is 5.96. The third-order valence-corrected chi connectivity index (χ3v) is 3.28. The van der Waals surface area contributed by atoms with Gasteiger partial charge in [0.1, 0.15) is 0 Å². The first-order valence-corrected chi connectivity index (χ1v) is 6.10. The number of sulfone groups is 1. The predicted molar refractivity (Wildman–Crippen MR) is 51.6 cm³/mol. The Morgan fingerprint density at radius 1 is 1.54 bits per heavy atom. The summed E-state index contributed by atoms with van der Waals surface area (Å²) in [7, 11) is -3.16. The Bertz CT molecular complexity index is 414. The van der Waals surface area contributed by atoms with Gasteiger partial charge in [0.25, 0.3) is 0 Å². The molecule has 0 aliphatic carbocycles. The molecule has 0 atom stereocenters. The van der Waals surface area contributed by atoms with E-state index in [1.165, 1.54) is 18.5 Å². The molecule has 1 rings (SSSR count). The Kier molecular flexibility index (Phi) is 2.93. The summed E-state index contributed by atoms with van der Waals surface area (Å²) >= 11 is 5.60. The van der Waals surface area contributed by atoms with Crippen molar-refractivity contribution in [1.29, 1.82) is 0 Å². The highest BCUT2D eigenvalue weighted by Crippen LogP contribution is 2.17. The van der Waals surface area contributed by atoms with Gasteiger partial charge in [-0.3, -0.25) is 4.98 Å². The SMILES string of the molecule is Cc1c(S(C)(=O)=O)ccnc1CCl. The van der Waals surface area contributed by atoms with Gasteiger partial charge in [-0.15, -0.1) is 11.6 Å². The molecular formula is C8H10ClNO2S. The molecule has 0 aliphatic heterocycles. The molecular weight excluding hydrogens is 210 g/mol. The first-order valence-electron chi connectivity index (χ1n) is 3.67. The fourth-order valence-corrected chi connectivity index (χ4v) is 2.35. The van der Waals surface area contributed by atoms with Crippen molar-refractivity contribution in [3.8, 4) is 0 Å². The summed E-state index contributed by atoms with van der Waals surface area (Å²) in [5, 5.41) is 0. The molecule has 1 aromatic heterocycles. The van der Waals surface area contributed by atoms with Gasteiger partial charge >= 0.3 is 0 Å². The van der Waals surface area contributed by atoms with Gasteiger partial charge in [-0.2, -0.15) is 0 Å². The average Bonchev–Trinajstić information content (AvgIpc) is 2.02. The minimum absolute atomic E-state index is 0.231. The quantitative estimate of drug-likeness (QED) is 0.709. The third kappa shape index (κ3) is 2.19. The molecule has 3 nitrogen and oxygen atoms in total. The van der Waals surface area contributed by atoms with Gasteiger partial charge < -0.3 is 0 Å². The maximum atomic E-state index is 11.3. The molecule has 0 spiro atoms. The van der Waals surface area contributed by atoms with Crippen LogP contribution in [0.15, 0.2) is 17.2 Å². The fraction of sp³-hybridized carbons (Fsp3) is 0.375. The van der Waals surface area contributed by atoms with Crippen LogP contribution in [0.25, 0.3) is 0 Å². The molecule has 1 aromatic rings. The number of rotatable bonds is 2. The van der Waals surface area contributed by atoms with Crippen LogP contribution in [-0.4, -0.2) is 19.7 Å². The molecule has 0 N–H and O–H groups in total. The van der Waals surface area contributed by atoms with E-state index in [2.05, 4.69) is 4.98 Å². The van der Waals surface area contributed by atoms with Crippen LogP contribution in [0, 0.1) is 6.92 Å². The molecule has 13 heavy (non-hydrogen) atoms. The molecule has 0 aromatic carbocycles. The number of hydrogen-bond acceptors (Lipinski definition) is 3. The summed E-state index contributed by atoms with van der Waals surface area (Å²) in [5.74, 6) is 0.231. The molecule has 0 bridgehead atoms. The Balaban J connectivity index is 3.41. The summed E-state index contributed by atoms with van der Waals surface area (Å²) in [6.45, 7) is 1.71. The minimum atomic E-state index is -3.16. The lowest BCUT2D eigenvalue weighted by Crippen LogP contribution is -2.03. The van der Waals surface area contributed by atoms with Crippen molar-refractivity contribution >= 4 is 21.4 Å². The fourth-order valence-electron chi connectivity index (χ4n) is 1.10. The minimum Gasteiger partial charge on any atom is -0.260 e. The zero-order valence-electron chi connectivity index (χ0n) is 7.41. The van der Waals surface area contributed by atoms with Crippen molar-refractivity contribution in [2.24, 2.45) is 0 Å². The summed E-state index contributed by atoms with van der Waals surface area (Å²) < 4.78 is 22.5. The lowest BCUT2D eigenvalue weighted by Gasteiger charge is -2.05. The molecule has 0 unspecified atom stereocenters. The van der Waals surface area contributed by atoms with Crippen LogP contribution < -0.4 is 0 Å². The second-order valence-electron chi connectivity index (χ2n) is 2.79. The van der Waals surface area contributed by atoms with Crippen LogP contribution in [0.3, 0.4) is 0 Å². The molecule has 1 heterocycles. The van der Waals surface area contributed by atoms with Crippen LogP contribution in [0.2, 0.25) is 0 Å². The van der Waals surface area contributed by atoms with Crippen molar-refractivity contribution in [3.63, 3.8) is 0 Å². The maximum absolute atomic E-state index is 11.3. The van der Waals surface area contributed by atoms with E-state index in [4.69, 9.17) is 11.6 Å². The van der Waals surface area contributed by atoms with E-state index in [0.29, 0.717) is 16.2 Å². The van der Waals surface area contributed by atoms with Crippen LogP contribution in [0.1, 0.15) is 11.3 Å². The normalized spacial score (nSPS) is 11.6. The summed E-state index contributed by atoms with van der Waals surface area (Å²) in [4.78, 5) is 4.28. The first kappa shape index (κ1) is 10.5. The van der Waals surface area contributed by atoms with E-state index in [-0.39, 0.29) is 5.88 Å². The number of aromatic nitrogens is 1. The van der Waals surface area contributed by atoms with Gasteiger partial charge in [-0.25, -0.2) is 8.42 Å². The van der Waals surface area contributed by atoms with Crippen molar-refractivity contribution < 1.29 is 8.42 Å². The highest BCUT2D eigenvalue weighted by atomic mass is 35.5. The molecule has 5 heteroatoms. The zero-order valence-corrected chi connectivity index (χ0v) is 8.98. The number of nitrogens with zero attached hydrogens (tertiary/aromatic N) is 1. The van der Waals surface area contributed by atoms with Gasteiger partial charge in [0.15, 0.2) is 9.84 Å². The molecule has 0 amide bonds. The third-order valence-electron chi connectivity index (χ3n) is 1.78. The summed E-state index contributed by atoms with van der Waals surface area (Å²) in [6, 6.07) is 1.49. The van der Waals surface area contributed by atoms with E-state index in [1.807, 2.05) is 0 Å². The second-order valence-corrected chi connectivity index (χ2v) is 5.04. The average molecular weight is 220 g/mol. The standard InChI is InChI=1S/C8H10ClNO2S/c1-6-7(5-9)10-4-3-8(6)13(2,11)12/h3-4H,5H2,1-2H3. The van der Waals surface area contributed by atoms with Crippen LogP contribution in [0.4, 0.5) is 0 Å². The topological polar surface area (TPSA) is 47.0 Å². The number of alkyl halides is 1. The van der Waals surface area contributed by atoms with E-state index in [9.17, 15) is 8.42 Å². The van der Waals surface area contributed by atoms with Gasteiger partial charge in [0, 0.05) is 12.5 Å². The molecule has 0 aliphatic rings. The Labute approximate surface area is 82.7 Å². The Morgan fingerprint density at radius 2 is 2.15 bits per heavy atom. The van der Waals surface area contributed by atoms with Gasteiger partial charge in [-0.1, -0.05) is 0 Å². The molecule has 0 fully saturated rings. The van der Waals surface area contributed by atoms with E-state index in [1.54, 1.807) is 6.92 Å².